The average molecular weight is 412 g/mol. The predicted molar refractivity (Wildman–Crippen MR) is 113 cm³/mol. The van der Waals surface area contributed by atoms with E-state index in [1.54, 1.807) is 19.2 Å². The first kappa shape index (κ1) is 20.5. The Kier molecular flexibility index (Phi) is 5.83. The van der Waals surface area contributed by atoms with Gasteiger partial charge in [0.1, 0.15) is 11.8 Å². The molecule has 4 atom stereocenters. The minimum absolute atomic E-state index is 0.0742. The monoisotopic (exact) mass is 411 g/mol. The van der Waals surface area contributed by atoms with Gasteiger partial charge < -0.3 is 19.5 Å². The lowest BCUT2D eigenvalue weighted by Crippen LogP contribution is -2.41. The van der Waals surface area contributed by atoms with Crippen molar-refractivity contribution < 1.29 is 19.4 Å². The molecule has 30 heavy (non-hydrogen) atoms. The summed E-state index contributed by atoms with van der Waals surface area (Å²) in [7, 11) is 1.62. The molecule has 3 N–H and O–H groups in total. The van der Waals surface area contributed by atoms with Gasteiger partial charge in [0.2, 0.25) is 5.91 Å². The molecule has 160 valence electrons. The highest BCUT2D eigenvalue weighted by Crippen LogP contribution is 2.49. The summed E-state index contributed by atoms with van der Waals surface area (Å²) in [6.07, 6.45) is 0.866. The summed E-state index contributed by atoms with van der Waals surface area (Å²) in [6, 6.07) is 12.5. The number of methoxy groups -OCH3 is 1. The van der Waals surface area contributed by atoms with Gasteiger partial charge in [-0.25, -0.2) is 10.9 Å². The Morgan fingerprint density at radius 3 is 2.53 bits per heavy atom. The number of hydrogen-bond acceptors (Lipinski definition) is 6. The molecule has 2 heterocycles. The second-order valence-corrected chi connectivity index (χ2v) is 7.70. The second-order valence-electron chi connectivity index (χ2n) is 7.70. The van der Waals surface area contributed by atoms with Gasteiger partial charge in [-0.05, 0) is 37.1 Å². The van der Waals surface area contributed by atoms with Crippen LogP contribution in [0, 0.1) is 5.92 Å². The lowest BCUT2D eigenvalue weighted by molar-refractivity contribution is -0.130. The van der Waals surface area contributed by atoms with Crippen LogP contribution in [-0.2, 0) is 4.79 Å². The molecule has 7 nitrogen and oxygen atoms in total. The molecule has 2 aliphatic heterocycles. The number of likely N-dealkylation sites (tertiary alicyclic amines) is 1. The Labute approximate surface area is 177 Å². The summed E-state index contributed by atoms with van der Waals surface area (Å²) < 4.78 is 11.2. The number of amides is 1. The fourth-order valence-corrected chi connectivity index (χ4v) is 4.75. The van der Waals surface area contributed by atoms with E-state index in [4.69, 9.17) is 9.47 Å². The van der Waals surface area contributed by atoms with Gasteiger partial charge in [-0.3, -0.25) is 4.79 Å². The van der Waals surface area contributed by atoms with Crippen LogP contribution in [0.15, 0.2) is 42.5 Å². The lowest BCUT2D eigenvalue weighted by atomic mass is 9.83. The zero-order valence-electron chi connectivity index (χ0n) is 17.6. The quantitative estimate of drug-likeness (QED) is 0.650. The number of ether oxygens (including phenoxy) is 2. The molecule has 0 aromatic heterocycles. The van der Waals surface area contributed by atoms with E-state index in [9.17, 15) is 9.90 Å². The van der Waals surface area contributed by atoms with Crippen molar-refractivity contribution in [3.05, 3.63) is 53.6 Å². The molecule has 2 aliphatic rings. The molecule has 2 saturated heterocycles. The Balaban J connectivity index is 1.78. The topological polar surface area (TPSA) is 83.1 Å². The van der Waals surface area contributed by atoms with Gasteiger partial charge in [0, 0.05) is 18.0 Å². The highest BCUT2D eigenvalue weighted by atomic mass is 16.5. The van der Waals surface area contributed by atoms with E-state index in [1.807, 2.05) is 42.2 Å². The lowest BCUT2D eigenvalue weighted by Gasteiger charge is -2.31. The van der Waals surface area contributed by atoms with E-state index >= 15 is 0 Å². The molecule has 0 spiro atoms. The molecule has 1 amide bonds. The van der Waals surface area contributed by atoms with Gasteiger partial charge in [-0.1, -0.05) is 31.2 Å². The molecule has 2 aromatic carbocycles. The number of benzene rings is 2. The van der Waals surface area contributed by atoms with Gasteiger partial charge in [-0.2, -0.15) is 0 Å². The molecule has 7 heteroatoms. The minimum Gasteiger partial charge on any atom is -0.508 e. The molecule has 0 bridgehead atoms. The molecular formula is C23H29N3O4. The summed E-state index contributed by atoms with van der Waals surface area (Å²) in [4.78, 5) is 15.2. The Morgan fingerprint density at radius 1 is 1.07 bits per heavy atom. The largest absolute Gasteiger partial charge is 0.508 e. The van der Waals surface area contributed by atoms with Crippen molar-refractivity contribution in [1.82, 2.24) is 15.8 Å². The fourth-order valence-electron chi connectivity index (χ4n) is 4.75. The maximum absolute atomic E-state index is 13.3. The van der Waals surface area contributed by atoms with E-state index in [2.05, 4.69) is 17.8 Å². The van der Waals surface area contributed by atoms with Crippen molar-refractivity contribution in [2.75, 3.05) is 20.3 Å². The van der Waals surface area contributed by atoms with Crippen LogP contribution in [0.5, 0.6) is 17.2 Å². The zero-order chi connectivity index (χ0) is 21.3. The number of phenols is 1. The summed E-state index contributed by atoms with van der Waals surface area (Å²) in [5, 5.41) is 10.5. The summed E-state index contributed by atoms with van der Waals surface area (Å²) in [5.41, 5.74) is 8.22. The van der Waals surface area contributed by atoms with E-state index < -0.39 is 0 Å². The van der Waals surface area contributed by atoms with Gasteiger partial charge in [0.05, 0.1) is 25.8 Å². The highest BCUT2D eigenvalue weighted by Gasteiger charge is 2.55. The van der Waals surface area contributed by atoms with Crippen LogP contribution < -0.4 is 20.3 Å². The number of phenolic OH excluding ortho intramolecular Hbond substituents is 1. The summed E-state index contributed by atoms with van der Waals surface area (Å²) in [5.74, 6) is 1.55. The van der Waals surface area contributed by atoms with Crippen molar-refractivity contribution in [2.45, 2.75) is 38.4 Å². The number of rotatable bonds is 7. The number of fused-ring (bicyclic) bond motifs is 1. The molecule has 4 rings (SSSR count). The van der Waals surface area contributed by atoms with Gasteiger partial charge in [-0.15, -0.1) is 0 Å². The number of nitrogens with one attached hydrogen (secondary N) is 2. The average Bonchev–Trinajstić information content (AvgIpc) is 3.29. The standard InChI is InChI=1S/C23H29N3O4/c1-4-12-26-22(14-10-11-17(30-5-2)18(13-14)29-3)19-20(24-25-21(19)23(26)28)15-8-6-7-9-16(15)27/h6-11,13,19-22,24-25,27H,4-5,12H2,1-3H3. The third-order valence-corrected chi connectivity index (χ3v) is 5.98. The molecule has 2 aromatic rings. The number of hydrogen-bond donors (Lipinski definition) is 3. The van der Waals surface area contributed by atoms with E-state index in [0.717, 1.165) is 17.5 Å². The normalized spacial score (nSPS) is 25.4. The Morgan fingerprint density at radius 2 is 1.83 bits per heavy atom. The maximum Gasteiger partial charge on any atom is 0.242 e. The molecule has 0 aliphatic carbocycles. The Bertz CT molecular complexity index is 919. The van der Waals surface area contributed by atoms with Gasteiger partial charge >= 0.3 is 0 Å². The molecule has 0 saturated carbocycles. The van der Waals surface area contributed by atoms with Crippen molar-refractivity contribution in [1.29, 1.82) is 0 Å². The second kappa shape index (κ2) is 8.53. The third-order valence-electron chi connectivity index (χ3n) is 5.98. The molecule has 0 radical (unpaired) electrons. The Hall–Kier alpha value is -2.77. The van der Waals surface area contributed by atoms with Crippen LogP contribution in [0.2, 0.25) is 0 Å². The van der Waals surface area contributed by atoms with Crippen molar-refractivity contribution >= 4 is 5.91 Å². The summed E-state index contributed by atoms with van der Waals surface area (Å²) in [6.45, 7) is 5.22. The first-order valence-corrected chi connectivity index (χ1v) is 10.5. The van der Waals surface area contributed by atoms with Crippen LogP contribution >= 0.6 is 0 Å². The van der Waals surface area contributed by atoms with Gasteiger partial charge in [0.15, 0.2) is 11.5 Å². The maximum atomic E-state index is 13.3. The molecule has 4 unspecified atom stereocenters. The van der Waals surface area contributed by atoms with Gasteiger partial charge in [0.25, 0.3) is 0 Å². The van der Waals surface area contributed by atoms with E-state index in [-0.39, 0.29) is 35.7 Å². The van der Waals surface area contributed by atoms with Crippen LogP contribution in [0.4, 0.5) is 0 Å². The van der Waals surface area contributed by atoms with E-state index in [0.29, 0.717) is 24.7 Å². The number of hydrazine groups is 1. The number of carbonyl (C=O) groups excluding carboxylic acids is 1. The van der Waals surface area contributed by atoms with Crippen LogP contribution in [0.1, 0.15) is 43.5 Å². The number of aromatic hydroxyl groups is 1. The number of carbonyl (C=O) groups is 1. The van der Waals surface area contributed by atoms with Crippen molar-refractivity contribution in [3.63, 3.8) is 0 Å². The molecule has 2 fully saturated rings. The zero-order valence-corrected chi connectivity index (χ0v) is 17.6. The predicted octanol–water partition coefficient (Wildman–Crippen LogP) is 2.93. The van der Waals surface area contributed by atoms with Crippen molar-refractivity contribution in [2.24, 2.45) is 5.92 Å². The first-order chi connectivity index (χ1) is 14.6. The third kappa shape index (κ3) is 3.38. The SMILES string of the molecule is CCCN1C(=O)C2NNC(c3ccccc3O)C2C1c1ccc(OCC)c(OC)c1. The summed E-state index contributed by atoms with van der Waals surface area (Å²) >= 11 is 0. The number of para-hydroxylation sites is 1. The fraction of sp³-hybridized carbons (Fsp3) is 0.435. The van der Waals surface area contributed by atoms with Crippen LogP contribution in [-0.4, -0.2) is 42.2 Å². The number of nitrogens with zero attached hydrogens (tertiary/aromatic N) is 1. The minimum atomic E-state index is -0.358. The smallest absolute Gasteiger partial charge is 0.242 e. The van der Waals surface area contributed by atoms with Crippen molar-refractivity contribution in [3.8, 4) is 17.2 Å². The van der Waals surface area contributed by atoms with Crippen LogP contribution in [0.3, 0.4) is 0 Å². The first-order valence-electron chi connectivity index (χ1n) is 10.5. The van der Waals surface area contributed by atoms with Crippen LogP contribution in [0.25, 0.3) is 0 Å². The molecular weight excluding hydrogens is 382 g/mol. The highest BCUT2D eigenvalue weighted by molar-refractivity contribution is 5.86. The van der Waals surface area contributed by atoms with E-state index in [1.165, 1.54) is 0 Å².